The quantitative estimate of drug-likeness (QED) is 0.751. The Labute approximate surface area is 104 Å². The van der Waals surface area contributed by atoms with Crippen LogP contribution in [0.2, 0.25) is 0 Å². The van der Waals surface area contributed by atoms with Gasteiger partial charge in [0.15, 0.2) is 0 Å². The number of unbranched alkanes of at least 4 members (excludes halogenated alkanes) is 1. The summed E-state index contributed by atoms with van der Waals surface area (Å²) in [6, 6.07) is 15.6. The number of hydrogen-bond acceptors (Lipinski definition) is 1. The summed E-state index contributed by atoms with van der Waals surface area (Å²) in [5, 5.41) is 6.29. The lowest BCUT2D eigenvalue weighted by Gasteiger charge is -2.16. The molecule has 1 heteroatoms. The van der Waals surface area contributed by atoms with Crippen molar-refractivity contribution < 1.29 is 0 Å². The fourth-order valence-electron chi connectivity index (χ4n) is 2.23. The third-order valence-electron chi connectivity index (χ3n) is 3.27. The van der Waals surface area contributed by atoms with Crippen molar-refractivity contribution >= 4 is 10.8 Å². The molecule has 17 heavy (non-hydrogen) atoms. The molecule has 0 unspecified atom stereocenters. The fourth-order valence-corrected chi connectivity index (χ4v) is 2.23. The van der Waals surface area contributed by atoms with Crippen LogP contribution in [-0.4, -0.2) is 6.54 Å². The predicted octanol–water partition coefficient (Wildman–Crippen LogP) is 4.29. The molecule has 1 N–H and O–H groups in total. The Bertz CT molecular complexity index is 470. The Morgan fingerprint density at radius 2 is 1.82 bits per heavy atom. The van der Waals surface area contributed by atoms with Crippen LogP contribution in [-0.2, 0) is 0 Å². The van der Waals surface area contributed by atoms with Crippen molar-refractivity contribution in [2.24, 2.45) is 0 Å². The van der Waals surface area contributed by atoms with Crippen LogP contribution in [0.3, 0.4) is 0 Å². The summed E-state index contributed by atoms with van der Waals surface area (Å²) in [5.41, 5.74) is 1.40. The lowest BCUT2D eigenvalue weighted by Crippen LogP contribution is -2.19. The van der Waals surface area contributed by atoms with Gasteiger partial charge in [-0.25, -0.2) is 0 Å². The highest BCUT2D eigenvalue weighted by molar-refractivity contribution is 5.86. The minimum atomic E-state index is 0.424. The number of hydrogen-bond donors (Lipinski definition) is 1. The number of fused-ring (bicyclic) bond motifs is 1. The average molecular weight is 227 g/mol. The molecule has 0 saturated heterocycles. The van der Waals surface area contributed by atoms with E-state index in [1.54, 1.807) is 0 Å². The second-order valence-corrected chi connectivity index (χ2v) is 4.60. The highest BCUT2D eigenvalue weighted by Crippen LogP contribution is 2.23. The summed E-state index contributed by atoms with van der Waals surface area (Å²) >= 11 is 0. The normalized spacial score (nSPS) is 12.8. The summed E-state index contributed by atoms with van der Waals surface area (Å²) in [7, 11) is 0. The van der Waals surface area contributed by atoms with Gasteiger partial charge in [0.1, 0.15) is 0 Å². The first-order valence-electron chi connectivity index (χ1n) is 6.54. The predicted molar refractivity (Wildman–Crippen MR) is 75.3 cm³/mol. The van der Waals surface area contributed by atoms with Gasteiger partial charge in [0.2, 0.25) is 0 Å². The molecule has 0 aromatic heterocycles. The first kappa shape index (κ1) is 12.1. The van der Waals surface area contributed by atoms with E-state index in [1.165, 1.54) is 29.2 Å². The molecule has 0 aliphatic rings. The van der Waals surface area contributed by atoms with E-state index in [4.69, 9.17) is 0 Å². The van der Waals surface area contributed by atoms with E-state index in [1.807, 2.05) is 0 Å². The first-order chi connectivity index (χ1) is 8.33. The highest BCUT2D eigenvalue weighted by Gasteiger charge is 2.07. The van der Waals surface area contributed by atoms with Crippen molar-refractivity contribution in [3.8, 4) is 0 Å². The van der Waals surface area contributed by atoms with E-state index in [0.29, 0.717) is 6.04 Å². The van der Waals surface area contributed by atoms with Gasteiger partial charge in [0, 0.05) is 6.04 Å². The first-order valence-corrected chi connectivity index (χ1v) is 6.54. The van der Waals surface area contributed by atoms with E-state index in [-0.39, 0.29) is 0 Å². The van der Waals surface area contributed by atoms with E-state index in [0.717, 1.165) is 6.54 Å². The van der Waals surface area contributed by atoms with Gasteiger partial charge in [-0.05, 0) is 36.2 Å². The topological polar surface area (TPSA) is 12.0 Å². The van der Waals surface area contributed by atoms with Crippen LogP contribution in [0.4, 0.5) is 0 Å². The SMILES string of the molecule is CCCCN[C@H](C)c1cccc2ccccc12. The summed E-state index contributed by atoms with van der Waals surface area (Å²) < 4.78 is 0. The maximum Gasteiger partial charge on any atom is 0.0297 e. The van der Waals surface area contributed by atoms with Crippen LogP contribution in [0.1, 0.15) is 38.3 Å². The lowest BCUT2D eigenvalue weighted by molar-refractivity contribution is 0.557. The van der Waals surface area contributed by atoms with Crippen molar-refractivity contribution in [3.05, 3.63) is 48.0 Å². The molecule has 0 spiro atoms. The highest BCUT2D eigenvalue weighted by atomic mass is 14.9. The van der Waals surface area contributed by atoms with Gasteiger partial charge in [0.25, 0.3) is 0 Å². The van der Waals surface area contributed by atoms with E-state index in [2.05, 4.69) is 61.6 Å². The van der Waals surface area contributed by atoms with E-state index >= 15 is 0 Å². The smallest absolute Gasteiger partial charge is 0.0297 e. The zero-order valence-corrected chi connectivity index (χ0v) is 10.7. The van der Waals surface area contributed by atoms with Crippen molar-refractivity contribution in [2.45, 2.75) is 32.7 Å². The Kier molecular flexibility index (Phi) is 4.16. The summed E-state index contributed by atoms with van der Waals surface area (Å²) in [5.74, 6) is 0. The van der Waals surface area contributed by atoms with Gasteiger partial charge in [0.05, 0.1) is 0 Å². The Morgan fingerprint density at radius 1 is 1.06 bits per heavy atom. The molecule has 0 aliphatic carbocycles. The Morgan fingerprint density at radius 3 is 2.65 bits per heavy atom. The minimum Gasteiger partial charge on any atom is -0.310 e. The molecular weight excluding hydrogens is 206 g/mol. The number of nitrogens with one attached hydrogen (secondary N) is 1. The van der Waals surface area contributed by atoms with Crippen molar-refractivity contribution in [1.29, 1.82) is 0 Å². The Hall–Kier alpha value is -1.34. The summed E-state index contributed by atoms with van der Waals surface area (Å²) in [4.78, 5) is 0. The van der Waals surface area contributed by atoms with Crippen LogP contribution in [0.15, 0.2) is 42.5 Å². The second-order valence-electron chi connectivity index (χ2n) is 4.60. The standard InChI is InChI=1S/C16H21N/c1-3-4-12-17-13(2)15-11-7-9-14-8-5-6-10-16(14)15/h5-11,13,17H,3-4,12H2,1-2H3/t13-/m1/s1. The molecule has 0 radical (unpaired) electrons. The molecule has 0 heterocycles. The monoisotopic (exact) mass is 227 g/mol. The molecule has 0 saturated carbocycles. The maximum atomic E-state index is 3.59. The minimum absolute atomic E-state index is 0.424. The van der Waals surface area contributed by atoms with Crippen molar-refractivity contribution in [2.75, 3.05) is 6.54 Å². The van der Waals surface area contributed by atoms with Crippen LogP contribution < -0.4 is 5.32 Å². The summed E-state index contributed by atoms with van der Waals surface area (Å²) in [6.45, 7) is 5.57. The molecule has 0 fully saturated rings. The largest absolute Gasteiger partial charge is 0.310 e. The molecule has 1 nitrogen and oxygen atoms in total. The third kappa shape index (κ3) is 2.86. The van der Waals surface area contributed by atoms with Crippen LogP contribution in [0.25, 0.3) is 10.8 Å². The number of rotatable bonds is 5. The third-order valence-corrected chi connectivity index (χ3v) is 3.27. The van der Waals surface area contributed by atoms with Gasteiger partial charge in [-0.15, -0.1) is 0 Å². The average Bonchev–Trinajstić information content (AvgIpc) is 2.38. The van der Waals surface area contributed by atoms with Gasteiger partial charge >= 0.3 is 0 Å². The zero-order chi connectivity index (χ0) is 12.1. The number of benzene rings is 2. The van der Waals surface area contributed by atoms with Crippen molar-refractivity contribution in [3.63, 3.8) is 0 Å². The molecule has 2 aromatic carbocycles. The second kappa shape index (κ2) is 5.83. The van der Waals surface area contributed by atoms with Crippen LogP contribution >= 0.6 is 0 Å². The molecule has 0 amide bonds. The van der Waals surface area contributed by atoms with E-state index < -0.39 is 0 Å². The maximum absolute atomic E-state index is 3.59. The van der Waals surface area contributed by atoms with E-state index in [9.17, 15) is 0 Å². The summed E-state index contributed by atoms with van der Waals surface area (Å²) in [6.07, 6.45) is 2.49. The fraction of sp³-hybridized carbons (Fsp3) is 0.375. The molecule has 0 aliphatic heterocycles. The molecule has 2 rings (SSSR count). The van der Waals surface area contributed by atoms with Crippen LogP contribution in [0, 0.1) is 0 Å². The molecular formula is C16H21N. The van der Waals surface area contributed by atoms with Crippen LogP contribution in [0.5, 0.6) is 0 Å². The Balaban J connectivity index is 2.22. The molecule has 2 aromatic rings. The zero-order valence-electron chi connectivity index (χ0n) is 10.7. The molecule has 90 valence electrons. The van der Waals surface area contributed by atoms with Gasteiger partial charge in [-0.2, -0.15) is 0 Å². The molecule has 0 bridgehead atoms. The van der Waals surface area contributed by atoms with Crippen molar-refractivity contribution in [1.82, 2.24) is 5.32 Å². The van der Waals surface area contributed by atoms with Gasteiger partial charge in [-0.1, -0.05) is 55.8 Å². The van der Waals surface area contributed by atoms with Gasteiger partial charge in [-0.3, -0.25) is 0 Å². The lowest BCUT2D eigenvalue weighted by atomic mass is 10.00. The van der Waals surface area contributed by atoms with Gasteiger partial charge < -0.3 is 5.32 Å². The molecule has 1 atom stereocenters.